The lowest BCUT2D eigenvalue weighted by atomic mass is 9.98. The number of hydrogen-bond donors (Lipinski definition) is 1. The predicted molar refractivity (Wildman–Crippen MR) is 113 cm³/mol. The number of carbonyl (C=O) groups is 2. The lowest BCUT2D eigenvalue weighted by molar-refractivity contribution is -0.123. The molecule has 1 aliphatic carbocycles. The van der Waals surface area contributed by atoms with Crippen LogP contribution in [-0.2, 0) is 11.2 Å². The first-order chi connectivity index (χ1) is 14.5. The van der Waals surface area contributed by atoms with Gasteiger partial charge >= 0.3 is 0 Å². The van der Waals surface area contributed by atoms with E-state index in [1.54, 1.807) is 54.6 Å². The van der Waals surface area contributed by atoms with Crippen LogP contribution in [0.2, 0.25) is 5.02 Å². The van der Waals surface area contributed by atoms with Crippen molar-refractivity contribution in [1.82, 2.24) is 4.90 Å². The van der Waals surface area contributed by atoms with Gasteiger partial charge in [0.1, 0.15) is 11.9 Å². The Morgan fingerprint density at radius 2 is 1.67 bits per heavy atom. The van der Waals surface area contributed by atoms with Gasteiger partial charge in [-0.05, 0) is 53.8 Å². The van der Waals surface area contributed by atoms with Gasteiger partial charge in [-0.3, -0.25) is 9.59 Å². The first-order valence-electron chi connectivity index (χ1n) is 9.67. The summed E-state index contributed by atoms with van der Waals surface area (Å²) in [4.78, 5) is 27.7. The van der Waals surface area contributed by atoms with Gasteiger partial charge in [-0.2, -0.15) is 0 Å². The van der Waals surface area contributed by atoms with E-state index in [1.165, 1.54) is 11.0 Å². The summed E-state index contributed by atoms with van der Waals surface area (Å²) < 4.78 is 14.5. The molecule has 0 saturated carbocycles. The average molecular weight is 423 g/mol. The molecule has 0 saturated heterocycles. The molecule has 4 rings (SSSR count). The van der Waals surface area contributed by atoms with Crippen LogP contribution in [0.1, 0.15) is 45.6 Å². The highest BCUT2D eigenvalue weighted by Gasteiger charge is 2.40. The number of fused-ring (bicyclic) bond motifs is 1. The van der Waals surface area contributed by atoms with E-state index in [2.05, 4.69) is 0 Å². The van der Waals surface area contributed by atoms with Crippen LogP contribution in [0.25, 0.3) is 0 Å². The maximum absolute atomic E-state index is 14.5. The fraction of sp³-hybridized carbons (Fsp3) is 0.167. The van der Waals surface area contributed by atoms with E-state index in [4.69, 9.17) is 17.3 Å². The molecule has 4 nitrogen and oxygen atoms in total. The van der Waals surface area contributed by atoms with Crippen LogP contribution in [0.3, 0.4) is 0 Å². The zero-order valence-corrected chi connectivity index (χ0v) is 16.9. The third-order valence-electron chi connectivity index (χ3n) is 5.48. The molecule has 1 aliphatic rings. The largest absolute Gasteiger partial charge is 0.368 e. The summed E-state index contributed by atoms with van der Waals surface area (Å²) in [5.74, 6) is -1.40. The van der Waals surface area contributed by atoms with E-state index >= 15 is 0 Å². The normalized spacial score (nSPS) is 16.0. The van der Waals surface area contributed by atoms with Crippen molar-refractivity contribution in [2.24, 2.45) is 5.73 Å². The lowest BCUT2D eigenvalue weighted by Crippen LogP contribution is -2.43. The van der Waals surface area contributed by atoms with Crippen LogP contribution >= 0.6 is 11.6 Å². The fourth-order valence-electron chi connectivity index (χ4n) is 4.18. The van der Waals surface area contributed by atoms with Gasteiger partial charge in [0.25, 0.3) is 5.91 Å². The van der Waals surface area contributed by atoms with Crippen molar-refractivity contribution in [1.29, 1.82) is 0 Å². The molecule has 0 heterocycles. The van der Waals surface area contributed by atoms with Crippen molar-refractivity contribution < 1.29 is 14.0 Å². The van der Waals surface area contributed by atoms with E-state index < -0.39 is 23.8 Å². The van der Waals surface area contributed by atoms with Gasteiger partial charge in [0.15, 0.2) is 0 Å². The molecule has 2 atom stereocenters. The van der Waals surface area contributed by atoms with E-state index in [0.29, 0.717) is 35.1 Å². The van der Waals surface area contributed by atoms with Crippen molar-refractivity contribution in [2.75, 3.05) is 0 Å². The molecule has 0 bridgehead atoms. The van der Waals surface area contributed by atoms with Crippen molar-refractivity contribution >= 4 is 23.4 Å². The third kappa shape index (κ3) is 3.68. The molecule has 152 valence electrons. The molecule has 0 fully saturated rings. The first kappa shape index (κ1) is 20.1. The fourth-order valence-corrected chi connectivity index (χ4v) is 4.39. The van der Waals surface area contributed by atoms with E-state index in [0.717, 1.165) is 0 Å². The zero-order valence-electron chi connectivity index (χ0n) is 16.1. The molecule has 0 aromatic heterocycles. The summed E-state index contributed by atoms with van der Waals surface area (Å²) in [6.45, 7) is 0. The van der Waals surface area contributed by atoms with Crippen molar-refractivity contribution in [3.63, 3.8) is 0 Å². The summed E-state index contributed by atoms with van der Waals surface area (Å²) in [6, 6.07) is 19.0. The zero-order chi connectivity index (χ0) is 21.3. The molecular formula is C24H20ClFN2O2. The minimum absolute atomic E-state index is 0.251. The summed E-state index contributed by atoms with van der Waals surface area (Å²) in [7, 11) is 0. The topological polar surface area (TPSA) is 63.4 Å². The summed E-state index contributed by atoms with van der Waals surface area (Å²) in [5, 5.41) is 0.251. The summed E-state index contributed by atoms with van der Waals surface area (Å²) >= 11 is 6.12. The Balaban J connectivity index is 1.88. The smallest absolute Gasteiger partial charge is 0.255 e. The van der Waals surface area contributed by atoms with Gasteiger partial charge < -0.3 is 10.6 Å². The molecule has 0 spiro atoms. The number of halogens is 2. The predicted octanol–water partition coefficient (Wildman–Crippen LogP) is 4.84. The van der Waals surface area contributed by atoms with Gasteiger partial charge in [0.05, 0.1) is 6.04 Å². The third-order valence-corrected chi connectivity index (χ3v) is 5.69. The number of primary amides is 1. The molecule has 0 unspecified atom stereocenters. The minimum atomic E-state index is -1.00. The van der Waals surface area contributed by atoms with Gasteiger partial charge in [-0.15, -0.1) is 0 Å². The van der Waals surface area contributed by atoms with Gasteiger partial charge in [-0.25, -0.2) is 4.39 Å². The number of amides is 2. The number of benzene rings is 3. The molecule has 6 heteroatoms. The van der Waals surface area contributed by atoms with Crippen LogP contribution in [-0.4, -0.2) is 16.7 Å². The second kappa shape index (κ2) is 8.28. The van der Waals surface area contributed by atoms with Crippen LogP contribution in [0.15, 0.2) is 72.8 Å². The van der Waals surface area contributed by atoms with Gasteiger partial charge in [-0.1, -0.05) is 60.1 Å². The molecule has 2 amide bonds. The quantitative estimate of drug-likeness (QED) is 0.639. The van der Waals surface area contributed by atoms with Crippen LogP contribution in [0.4, 0.5) is 4.39 Å². The van der Waals surface area contributed by atoms with Crippen molar-refractivity contribution in [3.05, 3.63) is 106 Å². The Labute approximate surface area is 179 Å². The van der Waals surface area contributed by atoms with Crippen LogP contribution in [0.5, 0.6) is 0 Å². The van der Waals surface area contributed by atoms with Gasteiger partial charge in [0, 0.05) is 10.6 Å². The van der Waals surface area contributed by atoms with E-state index in [-0.39, 0.29) is 10.9 Å². The van der Waals surface area contributed by atoms with E-state index in [9.17, 15) is 14.0 Å². The number of nitrogens with zero attached hydrogens (tertiary/aromatic N) is 1. The van der Waals surface area contributed by atoms with Crippen LogP contribution in [0, 0.1) is 5.82 Å². The second-order valence-corrected chi connectivity index (χ2v) is 7.74. The number of carbonyl (C=O) groups excluding carboxylic acids is 2. The maximum atomic E-state index is 14.5. The molecule has 0 radical (unpaired) electrons. The Morgan fingerprint density at radius 1 is 1.03 bits per heavy atom. The SMILES string of the molecule is NC(=O)[C@@H](c1ccccc1)N(C(=O)c1ccccc1)[C@@H]1CCc2c(F)cc(Cl)cc21. The molecule has 3 aromatic carbocycles. The lowest BCUT2D eigenvalue weighted by Gasteiger charge is -2.36. The highest BCUT2D eigenvalue weighted by Crippen LogP contribution is 2.43. The number of rotatable bonds is 5. The molecular weight excluding hydrogens is 403 g/mol. The Kier molecular flexibility index (Phi) is 5.55. The van der Waals surface area contributed by atoms with Crippen molar-refractivity contribution in [3.8, 4) is 0 Å². The second-order valence-electron chi connectivity index (χ2n) is 7.30. The summed E-state index contributed by atoms with van der Waals surface area (Å²) in [6.07, 6.45) is 0.920. The molecule has 2 N–H and O–H groups in total. The maximum Gasteiger partial charge on any atom is 0.255 e. The average Bonchev–Trinajstić information content (AvgIpc) is 3.16. The Bertz CT molecular complexity index is 1090. The molecule has 0 aliphatic heterocycles. The Morgan fingerprint density at radius 3 is 2.30 bits per heavy atom. The standard InChI is InChI=1S/C24H20ClFN2O2/c25-17-13-19-18(20(26)14-17)11-12-21(19)28(24(30)16-9-5-2-6-10-16)22(23(27)29)15-7-3-1-4-8-15/h1-10,13-14,21-22H,11-12H2,(H2,27,29)/t21-,22-/m1/s1. The highest BCUT2D eigenvalue weighted by molar-refractivity contribution is 6.30. The number of nitrogens with two attached hydrogens (primary N) is 1. The number of hydrogen-bond acceptors (Lipinski definition) is 2. The van der Waals surface area contributed by atoms with Gasteiger partial charge in [0.2, 0.25) is 5.91 Å². The van der Waals surface area contributed by atoms with Crippen molar-refractivity contribution in [2.45, 2.75) is 24.9 Å². The highest BCUT2D eigenvalue weighted by atomic mass is 35.5. The summed E-state index contributed by atoms with van der Waals surface area (Å²) in [5.41, 5.74) is 7.97. The first-order valence-corrected chi connectivity index (χ1v) is 10.0. The molecule has 3 aromatic rings. The Hall–Kier alpha value is -3.18. The van der Waals surface area contributed by atoms with Crippen LogP contribution < -0.4 is 5.73 Å². The van der Waals surface area contributed by atoms with E-state index in [1.807, 2.05) is 12.1 Å². The minimum Gasteiger partial charge on any atom is -0.368 e. The molecule has 30 heavy (non-hydrogen) atoms. The monoisotopic (exact) mass is 422 g/mol.